The summed E-state index contributed by atoms with van der Waals surface area (Å²) in [5.74, 6) is 0.809. The second-order valence-electron chi connectivity index (χ2n) is 5.14. The minimum atomic E-state index is -0.218. The van der Waals surface area contributed by atoms with Crippen LogP contribution in [0.1, 0.15) is 32.8 Å². The van der Waals surface area contributed by atoms with E-state index in [4.69, 9.17) is 0 Å². The molecule has 0 bridgehead atoms. The maximum atomic E-state index is 9.83. The van der Waals surface area contributed by atoms with Gasteiger partial charge in [-0.3, -0.25) is 4.68 Å². The second-order valence-corrected chi connectivity index (χ2v) is 6.98. The molecule has 0 saturated heterocycles. The van der Waals surface area contributed by atoms with Crippen LogP contribution in [0, 0.1) is 0 Å². The maximum absolute atomic E-state index is 9.83. The molecule has 1 unspecified atom stereocenters. The lowest BCUT2D eigenvalue weighted by atomic mass is 10.1. The van der Waals surface area contributed by atoms with E-state index in [0.29, 0.717) is 0 Å². The van der Waals surface area contributed by atoms with Gasteiger partial charge >= 0.3 is 0 Å². The van der Waals surface area contributed by atoms with Crippen molar-refractivity contribution in [2.75, 3.05) is 5.75 Å². The molecule has 3 nitrogen and oxygen atoms in total. The normalized spacial score (nSPS) is 14.1. The Kier molecular flexibility index (Phi) is 4.87. The Bertz CT molecular complexity index is 317. The quantitative estimate of drug-likeness (QED) is 0.860. The fourth-order valence-corrected chi connectivity index (χ4v) is 2.22. The van der Waals surface area contributed by atoms with Crippen LogP contribution in [0.2, 0.25) is 0 Å². The van der Waals surface area contributed by atoms with E-state index in [2.05, 4.69) is 25.9 Å². The van der Waals surface area contributed by atoms with Crippen LogP contribution < -0.4 is 0 Å². The van der Waals surface area contributed by atoms with Crippen molar-refractivity contribution in [2.45, 2.75) is 44.5 Å². The summed E-state index contributed by atoms with van der Waals surface area (Å²) in [6.07, 6.45) is 5.37. The highest BCUT2D eigenvalue weighted by molar-refractivity contribution is 8.00. The Balaban J connectivity index is 2.22. The van der Waals surface area contributed by atoms with E-state index < -0.39 is 0 Å². The van der Waals surface area contributed by atoms with Crippen LogP contribution >= 0.6 is 11.8 Å². The second kappa shape index (κ2) is 5.73. The molecule has 1 aromatic heterocycles. The van der Waals surface area contributed by atoms with Crippen LogP contribution in [0.25, 0.3) is 0 Å². The Labute approximate surface area is 102 Å². The highest BCUT2D eigenvalue weighted by Gasteiger charge is 2.14. The van der Waals surface area contributed by atoms with Crippen molar-refractivity contribution in [1.29, 1.82) is 0 Å². The zero-order valence-corrected chi connectivity index (χ0v) is 11.4. The molecule has 0 radical (unpaired) electrons. The van der Waals surface area contributed by atoms with Crippen LogP contribution in [0.5, 0.6) is 0 Å². The van der Waals surface area contributed by atoms with Gasteiger partial charge in [-0.15, -0.1) is 0 Å². The fourth-order valence-electron chi connectivity index (χ4n) is 1.36. The van der Waals surface area contributed by atoms with E-state index in [9.17, 15) is 5.11 Å². The minimum absolute atomic E-state index is 0.218. The third kappa shape index (κ3) is 5.56. The van der Waals surface area contributed by atoms with Crippen molar-refractivity contribution < 1.29 is 5.11 Å². The fraction of sp³-hybridized carbons (Fsp3) is 0.750. The van der Waals surface area contributed by atoms with Crippen molar-refractivity contribution >= 4 is 11.8 Å². The van der Waals surface area contributed by atoms with Crippen LogP contribution in [0.15, 0.2) is 12.4 Å². The van der Waals surface area contributed by atoms with Gasteiger partial charge in [-0.05, 0) is 18.4 Å². The van der Waals surface area contributed by atoms with Gasteiger partial charge in [-0.1, -0.05) is 20.8 Å². The summed E-state index contributed by atoms with van der Waals surface area (Å²) >= 11 is 1.81. The van der Waals surface area contributed by atoms with Gasteiger partial charge in [0.25, 0.3) is 0 Å². The summed E-state index contributed by atoms with van der Waals surface area (Å²) < 4.78 is 2.03. The number of aryl methyl sites for hydroxylation is 2. The summed E-state index contributed by atoms with van der Waals surface area (Å²) in [5, 5.41) is 13.9. The molecule has 0 fully saturated rings. The molecule has 0 spiro atoms. The molecule has 0 aliphatic carbocycles. The minimum Gasteiger partial charge on any atom is -0.392 e. The summed E-state index contributed by atoms with van der Waals surface area (Å²) in [4.78, 5) is 0. The number of hydrogen-bond donors (Lipinski definition) is 1. The molecule has 1 heterocycles. The Morgan fingerprint density at radius 2 is 2.19 bits per heavy atom. The summed E-state index contributed by atoms with van der Waals surface area (Å²) in [7, 11) is 1.91. The number of thioether (sulfide) groups is 1. The van der Waals surface area contributed by atoms with Crippen LogP contribution in [-0.2, 0) is 13.5 Å². The van der Waals surface area contributed by atoms with E-state index in [1.807, 2.05) is 31.2 Å². The van der Waals surface area contributed by atoms with Crippen LogP contribution in [0.3, 0.4) is 0 Å². The molecular weight excluding hydrogens is 220 g/mol. The topological polar surface area (TPSA) is 38.0 Å². The number of nitrogens with zero attached hydrogens (tertiary/aromatic N) is 2. The molecule has 1 aromatic rings. The molecule has 1 rings (SSSR count). The maximum Gasteiger partial charge on any atom is 0.0634 e. The average molecular weight is 242 g/mol. The van der Waals surface area contributed by atoms with Crippen LogP contribution in [0.4, 0.5) is 0 Å². The molecule has 1 N–H and O–H groups in total. The van der Waals surface area contributed by atoms with E-state index in [1.54, 1.807) is 4.68 Å². The standard InChI is InChI=1S/C12H22N2OS/c1-12(2,3)16-9-11(15)6-5-10-7-13-14(4)8-10/h7-8,11,15H,5-6,9H2,1-4H3. The first-order chi connectivity index (χ1) is 7.37. The number of aromatic nitrogens is 2. The van der Waals surface area contributed by atoms with Gasteiger partial charge in [0, 0.05) is 23.7 Å². The van der Waals surface area contributed by atoms with E-state index in [0.717, 1.165) is 18.6 Å². The first kappa shape index (κ1) is 13.6. The summed E-state index contributed by atoms with van der Waals surface area (Å²) in [5.41, 5.74) is 1.20. The van der Waals surface area contributed by atoms with Crippen molar-refractivity contribution in [3.05, 3.63) is 18.0 Å². The predicted octanol–water partition coefficient (Wildman–Crippen LogP) is 2.25. The van der Waals surface area contributed by atoms with Crippen LogP contribution in [-0.4, -0.2) is 31.5 Å². The van der Waals surface area contributed by atoms with Crippen molar-refractivity contribution in [1.82, 2.24) is 9.78 Å². The Morgan fingerprint density at radius 1 is 1.50 bits per heavy atom. The Morgan fingerprint density at radius 3 is 2.69 bits per heavy atom. The monoisotopic (exact) mass is 242 g/mol. The van der Waals surface area contributed by atoms with Gasteiger partial charge in [0.05, 0.1) is 12.3 Å². The third-order valence-electron chi connectivity index (χ3n) is 2.23. The van der Waals surface area contributed by atoms with E-state index >= 15 is 0 Å². The van der Waals surface area contributed by atoms with Gasteiger partial charge in [-0.25, -0.2) is 0 Å². The van der Waals surface area contributed by atoms with E-state index in [-0.39, 0.29) is 10.9 Å². The number of rotatable bonds is 5. The lowest BCUT2D eigenvalue weighted by molar-refractivity contribution is 0.189. The van der Waals surface area contributed by atoms with Gasteiger partial charge in [0.15, 0.2) is 0 Å². The molecule has 4 heteroatoms. The smallest absolute Gasteiger partial charge is 0.0634 e. The van der Waals surface area contributed by atoms with E-state index in [1.165, 1.54) is 5.56 Å². The molecule has 1 atom stereocenters. The van der Waals surface area contributed by atoms with Gasteiger partial charge in [0.2, 0.25) is 0 Å². The lowest BCUT2D eigenvalue weighted by Crippen LogP contribution is -2.17. The molecule has 0 aromatic carbocycles. The SMILES string of the molecule is Cn1cc(CCC(O)CSC(C)(C)C)cn1. The molecule has 0 saturated carbocycles. The highest BCUT2D eigenvalue weighted by atomic mass is 32.2. The number of hydrogen-bond acceptors (Lipinski definition) is 3. The third-order valence-corrected chi connectivity index (χ3v) is 3.65. The van der Waals surface area contributed by atoms with Crippen molar-refractivity contribution in [3.8, 4) is 0 Å². The highest BCUT2D eigenvalue weighted by Crippen LogP contribution is 2.24. The average Bonchev–Trinajstić information content (AvgIpc) is 2.57. The first-order valence-electron chi connectivity index (χ1n) is 5.66. The molecule has 0 aliphatic heterocycles. The molecule has 92 valence electrons. The first-order valence-corrected chi connectivity index (χ1v) is 6.65. The van der Waals surface area contributed by atoms with Gasteiger partial charge in [-0.2, -0.15) is 16.9 Å². The zero-order chi connectivity index (χ0) is 12.2. The van der Waals surface area contributed by atoms with Crippen molar-refractivity contribution in [2.24, 2.45) is 7.05 Å². The summed E-state index contributed by atoms with van der Waals surface area (Å²) in [6, 6.07) is 0. The molecule has 16 heavy (non-hydrogen) atoms. The van der Waals surface area contributed by atoms with Gasteiger partial charge in [0.1, 0.15) is 0 Å². The molecule has 0 aliphatic rings. The van der Waals surface area contributed by atoms with Gasteiger partial charge < -0.3 is 5.11 Å². The number of aliphatic hydroxyl groups excluding tert-OH is 1. The largest absolute Gasteiger partial charge is 0.392 e. The number of aliphatic hydroxyl groups is 1. The lowest BCUT2D eigenvalue weighted by Gasteiger charge is -2.19. The zero-order valence-electron chi connectivity index (χ0n) is 10.6. The van der Waals surface area contributed by atoms with Crippen molar-refractivity contribution in [3.63, 3.8) is 0 Å². The summed E-state index contributed by atoms with van der Waals surface area (Å²) in [6.45, 7) is 6.52. The molecule has 0 amide bonds. The predicted molar refractivity (Wildman–Crippen MR) is 69.7 cm³/mol. The Hall–Kier alpha value is -0.480. The molecular formula is C12H22N2OS.